The highest BCUT2D eigenvalue weighted by Crippen LogP contribution is 2.40. The summed E-state index contributed by atoms with van der Waals surface area (Å²) < 4.78 is 28.5. The van der Waals surface area contributed by atoms with Gasteiger partial charge >= 0.3 is 0 Å². The van der Waals surface area contributed by atoms with Crippen LogP contribution in [0.15, 0.2) is 53.4 Å². The fourth-order valence-corrected chi connectivity index (χ4v) is 5.23. The second-order valence-electron chi connectivity index (χ2n) is 8.82. The summed E-state index contributed by atoms with van der Waals surface area (Å²) in [6, 6.07) is 13.7. The van der Waals surface area contributed by atoms with Gasteiger partial charge in [0.15, 0.2) is 0 Å². The third-order valence-electron chi connectivity index (χ3n) is 6.56. The summed E-state index contributed by atoms with van der Waals surface area (Å²) in [5.41, 5.74) is 3.11. The van der Waals surface area contributed by atoms with Gasteiger partial charge in [-0.15, -0.1) is 0 Å². The lowest BCUT2D eigenvalue weighted by Gasteiger charge is -2.32. The molecule has 1 saturated heterocycles. The molecule has 0 radical (unpaired) electrons. The molecule has 178 valence electrons. The number of piperidine rings is 1. The number of hydrogen-bond donors (Lipinski definition) is 4. The molecule has 3 atom stereocenters. The summed E-state index contributed by atoms with van der Waals surface area (Å²) in [6.07, 6.45) is 3.43. The maximum Gasteiger partial charge on any atom is 0.274 e. The molecular weight excluding hydrogens is 443 g/mol. The van der Waals surface area contributed by atoms with E-state index in [9.17, 15) is 13.4 Å². The highest BCUT2D eigenvalue weighted by molar-refractivity contribution is 7.83. The first kappa shape index (κ1) is 24.0. The normalized spacial score (nSPS) is 22.1. The highest BCUT2D eigenvalue weighted by Gasteiger charge is 2.38. The SMILES string of the molecule is O=C(NO)c1ccc(S(=O)NCCN2CCC(CNC3CC3c3ccc(F)cc3)CC2)cc1. The van der Waals surface area contributed by atoms with Gasteiger partial charge < -0.3 is 10.2 Å². The molecule has 4 rings (SSSR count). The van der Waals surface area contributed by atoms with Crippen molar-refractivity contribution in [3.63, 3.8) is 0 Å². The minimum absolute atomic E-state index is 0.180. The number of halogens is 1. The fourth-order valence-electron chi connectivity index (χ4n) is 4.41. The van der Waals surface area contributed by atoms with Gasteiger partial charge in [0.25, 0.3) is 5.91 Å². The van der Waals surface area contributed by atoms with Crippen molar-refractivity contribution in [2.24, 2.45) is 5.92 Å². The van der Waals surface area contributed by atoms with Crippen LogP contribution in [0.2, 0.25) is 0 Å². The summed E-state index contributed by atoms with van der Waals surface area (Å²) >= 11 is 0. The lowest BCUT2D eigenvalue weighted by atomic mass is 9.96. The van der Waals surface area contributed by atoms with E-state index in [1.54, 1.807) is 29.7 Å². The molecule has 2 aromatic rings. The van der Waals surface area contributed by atoms with E-state index in [0.29, 0.717) is 34.9 Å². The van der Waals surface area contributed by atoms with Crippen molar-refractivity contribution in [3.05, 3.63) is 65.5 Å². The van der Waals surface area contributed by atoms with Crippen LogP contribution in [0.1, 0.15) is 41.1 Å². The topological polar surface area (TPSA) is 93.7 Å². The molecule has 3 unspecified atom stereocenters. The smallest absolute Gasteiger partial charge is 0.274 e. The Hall–Kier alpha value is -2.17. The Labute approximate surface area is 196 Å². The molecule has 1 heterocycles. The van der Waals surface area contributed by atoms with Crippen LogP contribution in [0.25, 0.3) is 0 Å². The average molecular weight is 475 g/mol. The number of likely N-dealkylation sites (tertiary alicyclic amines) is 1. The second-order valence-corrected chi connectivity index (χ2v) is 10.1. The minimum Gasteiger partial charge on any atom is -0.313 e. The van der Waals surface area contributed by atoms with Gasteiger partial charge in [0, 0.05) is 30.6 Å². The number of nitrogens with zero attached hydrogens (tertiary/aromatic N) is 1. The standard InChI is InChI=1S/C24H31FN4O3S/c25-20-5-1-18(2-6-20)22-15-23(22)26-16-17-9-12-29(13-10-17)14-11-27-33(32)21-7-3-19(4-8-21)24(30)28-31/h1-8,17,22-23,26-27,31H,9-16H2,(H,28,30). The Kier molecular flexibility index (Phi) is 8.21. The Balaban J connectivity index is 1.10. The van der Waals surface area contributed by atoms with Crippen molar-refractivity contribution in [2.75, 3.05) is 32.7 Å². The fraction of sp³-hybridized carbons (Fsp3) is 0.458. The number of hydroxylamine groups is 1. The number of rotatable bonds is 10. The Morgan fingerprint density at radius 3 is 2.45 bits per heavy atom. The van der Waals surface area contributed by atoms with E-state index in [2.05, 4.69) is 14.9 Å². The van der Waals surface area contributed by atoms with Crippen LogP contribution in [0, 0.1) is 11.7 Å². The van der Waals surface area contributed by atoms with Gasteiger partial charge in [-0.05, 0) is 86.8 Å². The average Bonchev–Trinajstić information content (AvgIpc) is 3.63. The van der Waals surface area contributed by atoms with Gasteiger partial charge in [0.2, 0.25) is 0 Å². The largest absolute Gasteiger partial charge is 0.313 e. The number of benzene rings is 2. The molecule has 2 aromatic carbocycles. The summed E-state index contributed by atoms with van der Waals surface area (Å²) in [5.74, 6) is 0.414. The van der Waals surface area contributed by atoms with Crippen molar-refractivity contribution in [2.45, 2.75) is 36.1 Å². The summed E-state index contributed by atoms with van der Waals surface area (Å²) in [6.45, 7) is 4.57. The van der Waals surface area contributed by atoms with Crippen molar-refractivity contribution < 1.29 is 18.6 Å². The van der Waals surface area contributed by atoms with Crippen molar-refractivity contribution in [1.82, 2.24) is 20.4 Å². The molecule has 0 aromatic heterocycles. The first-order valence-electron chi connectivity index (χ1n) is 11.4. The van der Waals surface area contributed by atoms with E-state index in [-0.39, 0.29) is 5.82 Å². The molecule has 1 aliphatic heterocycles. The number of amides is 1. The zero-order chi connectivity index (χ0) is 23.2. The maximum atomic E-state index is 13.1. The van der Waals surface area contributed by atoms with Crippen molar-refractivity contribution in [1.29, 1.82) is 0 Å². The van der Waals surface area contributed by atoms with Gasteiger partial charge in [-0.1, -0.05) is 12.1 Å². The van der Waals surface area contributed by atoms with E-state index in [0.717, 1.165) is 45.4 Å². The molecule has 1 amide bonds. The van der Waals surface area contributed by atoms with Crippen LogP contribution in [-0.2, 0) is 11.0 Å². The van der Waals surface area contributed by atoms with E-state index >= 15 is 0 Å². The molecule has 1 saturated carbocycles. The molecule has 9 heteroatoms. The highest BCUT2D eigenvalue weighted by atomic mass is 32.2. The quantitative estimate of drug-likeness (QED) is 0.314. The first-order valence-corrected chi connectivity index (χ1v) is 12.6. The van der Waals surface area contributed by atoms with Gasteiger partial charge in [0.05, 0.1) is 4.90 Å². The Morgan fingerprint density at radius 1 is 1.09 bits per heavy atom. The lowest BCUT2D eigenvalue weighted by Crippen LogP contribution is -2.41. The third kappa shape index (κ3) is 6.68. The summed E-state index contributed by atoms with van der Waals surface area (Å²) in [5, 5.41) is 12.3. The molecule has 2 aliphatic rings. The molecule has 4 N–H and O–H groups in total. The molecule has 1 aliphatic carbocycles. The monoisotopic (exact) mass is 474 g/mol. The first-order chi connectivity index (χ1) is 16.0. The number of nitrogens with one attached hydrogen (secondary N) is 3. The van der Waals surface area contributed by atoms with E-state index in [4.69, 9.17) is 5.21 Å². The number of carbonyl (C=O) groups is 1. The lowest BCUT2D eigenvalue weighted by molar-refractivity contribution is 0.0706. The van der Waals surface area contributed by atoms with Gasteiger partial charge in [-0.2, -0.15) is 0 Å². The van der Waals surface area contributed by atoms with E-state index in [1.165, 1.54) is 17.7 Å². The van der Waals surface area contributed by atoms with Crippen molar-refractivity contribution >= 4 is 16.9 Å². The molecular formula is C24H31FN4O3S. The Bertz CT molecular complexity index is 949. The van der Waals surface area contributed by atoms with Gasteiger partial charge in [-0.3, -0.25) is 10.0 Å². The van der Waals surface area contributed by atoms with Gasteiger partial charge in [-0.25, -0.2) is 18.8 Å². The van der Waals surface area contributed by atoms with Crippen molar-refractivity contribution in [3.8, 4) is 0 Å². The van der Waals surface area contributed by atoms with Crippen LogP contribution in [0.5, 0.6) is 0 Å². The molecule has 7 nitrogen and oxygen atoms in total. The third-order valence-corrected chi connectivity index (χ3v) is 7.72. The summed E-state index contributed by atoms with van der Waals surface area (Å²) in [4.78, 5) is 14.3. The Morgan fingerprint density at radius 2 is 1.79 bits per heavy atom. The number of carbonyl (C=O) groups excluding carboxylic acids is 1. The van der Waals surface area contributed by atoms with Crippen LogP contribution in [-0.4, -0.2) is 59.0 Å². The molecule has 0 bridgehead atoms. The van der Waals surface area contributed by atoms with Crippen LogP contribution < -0.4 is 15.5 Å². The minimum atomic E-state index is -1.34. The maximum absolute atomic E-state index is 13.1. The van der Waals surface area contributed by atoms with E-state index in [1.807, 2.05) is 12.1 Å². The molecule has 0 spiro atoms. The van der Waals surface area contributed by atoms with Crippen LogP contribution >= 0.6 is 0 Å². The predicted octanol–water partition coefficient (Wildman–Crippen LogP) is 2.41. The number of hydrogen-bond acceptors (Lipinski definition) is 5. The molecule has 33 heavy (non-hydrogen) atoms. The zero-order valence-electron chi connectivity index (χ0n) is 18.5. The van der Waals surface area contributed by atoms with Crippen LogP contribution in [0.3, 0.4) is 0 Å². The van der Waals surface area contributed by atoms with Crippen LogP contribution in [0.4, 0.5) is 4.39 Å². The predicted molar refractivity (Wildman–Crippen MR) is 125 cm³/mol. The zero-order valence-corrected chi connectivity index (χ0v) is 19.3. The summed E-state index contributed by atoms with van der Waals surface area (Å²) in [7, 11) is -1.34. The molecule has 2 fully saturated rings. The van der Waals surface area contributed by atoms with E-state index < -0.39 is 16.9 Å². The second kappa shape index (κ2) is 11.3. The van der Waals surface area contributed by atoms with Gasteiger partial charge in [0.1, 0.15) is 16.8 Å².